The number of aromatic nitrogens is 4. The van der Waals surface area contributed by atoms with Crippen LogP contribution >= 0.6 is 0 Å². The van der Waals surface area contributed by atoms with Gasteiger partial charge < -0.3 is 5.32 Å². The lowest BCUT2D eigenvalue weighted by molar-refractivity contribution is 0.0930. The standard InChI is InChI=1S/C18H29N5O/c1-8-23-14(6)17(13(5)20-23)12(4)19-18(24)16-10-15(9-11(2)3)21-22(16)7/h10-12H,8-9H2,1-7H3,(H,19,24)/t12-/m0/s1. The topological polar surface area (TPSA) is 64.7 Å². The van der Waals surface area contributed by atoms with E-state index < -0.39 is 0 Å². The zero-order chi connectivity index (χ0) is 18.0. The van der Waals surface area contributed by atoms with Gasteiger partial charge in [0.05, 0.1) is 17.4 Å². The highest BCUT2D eigenvalue weighted by atomic mass is 16.2. The minimum absolute atomic E-state index is 0.0961. The summed E-state index contributed by atoms with van der Waals surface area (Å²) in [5, 5.41) is 12.1. The Morgan fingerprint density at radius 2 is 1.92 bits per heavy atom. The first-order chi connectivity index (χ1) is 11.2. The van der Waals surface area contributed by atoms with Crippen molar-refractivity contribution in [3.63, 3.8) is 0 Å². The van der Waals surface area contributed by atoms with Crippen molar-refractivity contribution in [3.05, 3.63) is 34.4 Å². The Hall–Kier alpha value is -2.11. The molecule has 24 heavy (non-hydrogen) atoms. The van der Waals surface area contributed by atoms with E-state index in [0.29, 0.717) is 11.6 Å². The van der Waals surface area contributed by atoms with E-state index in [1.54, 1.807) is 4.68 Å². The van der Waals surface area contributed by atoms with Crippen molar-refractivity contribution in [2.45, 2.75) is 60.5 Å². The van der Waals surface area contributed by atoms with Crippen molar-refractivity contribution in [1.29, 1.82) is 0 Å². The van der Waals surface area contributed by atoms with E-state index in [0.717, 1.165) is 35.6 Å². The Bertz CT molecular complexity index is 726. The molecule has 1 atom stereocenters. The van der Waals surface area contributed by atoms with E-state index in [1.807, 2.05) is 38.6 Å². The first kappa shape index (κ1) is 18.2. The minimum Gasteiger partial charge on any atom is -0.344 e. The molecule has 2 heterocycles. The number of carbonyl (C=O) groups excluding carboxylic acids is 1. The molecule has 0 unspecified atom stereocenters. The van der Waals surface area contributed by atoms with E-state index >= 15 is 0 Å². The first-order valence-electron chi connectivity index (χ1n) is 8.62. The Morgan fingerprint density at radius 1 is 1.25 bits per heavy atom. The Morgan fingerprint density at radius 3 is 2.46 bits per heavy atom. The fraction of sp³-hybridized carbons (Fsp3) is 0.611. The molecule has 0 bridgehead atoms. The van der Waals surface area contributed by atoms with Gasteiger partial charge in [0.25, 0.3) is 5.91 Å². The number of nitrogens with one attached hydrogen (secondary N) is 1. The molecule has 1 N–H and O–H groups in total. The van der Waals surface area contributed by atoms with Crippen molar-refractivity contribution in [1.82, 2.24) is 24.9 Å². The Labute approximate surface area is 144 Å². The van der Waals surface area contributed by atoms with Gasteiger partial charge >= 0.3 is 0 Å². The van der Waals surface area contributed by atoms with Gasteiger partial charge in [0.15, 0.2) is 0 Å². The third-order valence-electron chi connectivity index (χ3n) is 4.30. The second-order valence-corrected chi connectivity index (χ2v) is 6.84. The van der Waals surface area contributed by atoms with Crippen LogP contribution in [-0.4, -0.2) is 25.5 Å². The molecular weight excluding hydrogens is 302 g/mol. The van der Waals surface area contributed by atoms with Crippen LogP contribution in [0.1, 0.15) is 66.9 Å². The largest absolute Gasteiger partial charge is 0.344 e. The van der Waals surface area contributed by atoms with E-state index in [9.17, 15) is 4.79 Å². The molecular formula is C18H29N5O. The van der Waals surface area contributed by atoms with Crippen LogP contribution in [0.3, 0.4) is 0 Å². The predicted octanol–water partition coefficient (Wildman–Crippen LogP) is 2.94. The summed E-state index contributed by atoms with van der Waals surface area (Å²) < 4.78 is 3.63. The molecule has 0 aliphatic carbocycles. The highest BCUT2D eigenvalue weighted by Crippen LogP contribution is 2.22. The summed E-state index contributed by atoms with van der Waals surface area (Å²) in [6, 6.07) is 1.79. The van der Waals surface area contributed by atoms with Gasteiger partial charge in [-0.3, -0.25) is 14.2 Å². The highest BCUT2D eigenvalue weighted by Gasteiger charge is 2.21. The van der Waals surface area contributed by atoms with Crippen LogP contribution in [0.4, 0.5) is 0 Å². The Kier molecular flexibility index (Phi) is 5.47. The molecule has 0 fully saturated rings. The molecule has 6 nitrogen and oxygen atoms in total. The van der Waals surface area contributed by atoms with Crippen LogP contribution < -0.4 is 5.32 Å². The number of carbonyl (C=O) groups is 1. The quantitative estimate of drug-likeness (QED) is 0.885. The molecule has 6 heteroatoms. The van der Waals surface area contributed by atoms with E-state index in [-0.39, 0.29) is 11.9 Å². The number of hydrogen-bond donors (Lipinski definition) is 1. The first-order valence-corrected chi connectivity index (χ1v) is 8.62. The van der Waals surface area contributed by atoms with Crippen LogP contribution in [0.25, 0.3) is 0 Å². The molecule has 0 spiro atoms. The average Bonchev–Trinajstić information content (AvgIpc) is 2.97. The molecule has 2 aromatic heterocycles. The SMILES string of the molecule is CCn1nc(C)c([C@H](C)NC(=O)c2cc(CC(C)C)nn2C)c1C. The summed E-state index contributed by atoms with van der Waals surface area (Å²) in [5.74, 6) is 0.412. The molecule has 2 aromatic rings. The molecule has 0 saturated heterocycles. The average molecular weight is 331 g/mol. The molecule has 2 rings (SSSR count). The number of rotatable bonds is 6. The van der Waals surface area contributed by atoms with Crippen molar-refractivity contribution < 1.29 is 4.79 Å². The number of hydrogen-bond acceptors (Lipinski definition) is 3. The van der Waals surface area contributed by atoms with Crippen LogP contribution in [-0.2, 0) is 20.0 Å². The highest BCUT2D eigenvalue weighted by molar-refractivity contribution is 5.93. The van der Waals surface area contributed by atoms with E-state index in [4.69, 9.17) is 0 Å². The van der Waals surface area contributed by atoms with Crippen molar-refractivity contribution >= 4 is 5.91 Å². The number of amides is 1. The monoisotopic (exact) mass is 331 g/mol. The van der Waals surface area contributed by atoms with Gasteiger partial charge in [0.2, 0.25) is 0 Å². The van der Waals surface area contributed by atoms with Gasteiger partial charge in [-0.1, -0.05) is 13.8 Å². The fourth-order valence-corrected chi connectivity index (χ4v) is 3.25. The van der Waals surface area contributed by atoms with Crippen LogP contribution in [0.5, 0.6) is 0 Å². The Balaban J connectivity index is 2.18. The lowest BCUT2D eigenvalue weighted by atomic mass is 10.1. The summed E-state index contributed by atoms with van der Waals surface area (Å²) in [6.07, 6.45) is 0.873. The third kappa shape index (κ3) is 3.68. The van der Waals surface area contributed by atoms with Crippen LogP contribution in [0.2, 0.25) is 0 Å². The maximum atomic E-state index is 12.6. The zero-order valence-corrected chi connectivity index (χ0v) is 15.8. The smallest absolute Gasteiger partial charge is 0.270 e. The minimum atomic E-state index is -0.101. The normalized spacial score (nSPS) is 12.7. The maximum absolute atomic E-state index is 12.6. The predicted molar refractivity (Wildman–Crippen MR) is 95.0 cm³/mol. The number of aryl methyl sites for hydroxylation is 3. The molecule has 0 aliphatic heterocycles. The van der Waals surface area contributed by atoms with E-state index in [2.05, 4.69) is 36.3 Å². The van der Waals surface area contributed by atoms with Crippen molar-refractivity contribution in [2.75, 3.05) is 0 Å². The second-order valence-electron chi connectivity index (χ2n) is 6.84. The van der Waals surface area contributed by atoms with Gasteiger partial charge in [-0.25, -0.2) is 0 Å². The fourth-order valence-electron chi connectivity index (χ4n) is 3.25. The molecule has 0 saturated carbocycles. The molecule has 0 aliphatic rings. The second kappa shape index (κ2) is 7.20. The van der Waals surface area contributed by atoms with Gasteiger partial charge in [0, 0.05) is 24.8 Å². The van der Waals surface area contributed by atoms with Crippen molar-refractivity contribution in [3.8, 4) is 0 Å². The van der Waals surface area contributed by atoms with Gasteiger partial charge in [0.1, 0.15) is 5.69 Å². The zero-order valence-electron chi connectivity index (χ0n) is 15.8. The van der Waals surface area contributed by atoms with Crippen LogP contribution in [0, 0.1) is 19.8 Å². The summed E-state index contributed by atoms with van der Waals surface area (Å²) in [5.41, 5.74) is 4.71. The molecule has 132 valence electrons. The molecule has 0 radical (unpaired) electrons. The maximum Gasteiger partial charge on any atom is 0.270 e. The number of nitrogens with zero attached hydrogens (tertiary/aromatic N) is 4. The summed E-state index contributed by atoms with van der Waals surface area (Å²) in [4.78, 5) is 12.6. The lowest BCUT2D eigenvalue weighted by Gasteiger charge is -2.15. The summed E-state index contributed by atoms with van der Waals surface area (Å²) in [7, 11) is 1.81. The molecule has 1 amide bonds. The third-order valence-corrected chi connectivity index (χ3v) is 4.30. The van der Waals surface area contributed by atoms with Gasteiger partial charge in [-0.15, -0.1) is 0 Å². The van der Waals surface area contributed by atoms with Gasteiger partial charge in [-0.05, 0) is 46.1 Å². The summed E-state index contributed by atoms with van der Waals surface area (Å²) in [6.45, 7) is 13.2. The summed E-state index contributed by atoms with van der Waals surface area (Å²) >= 11 is 0. The van der Waals surface area contributed by atoms with Gasteiger partial charge in [-0.2, -0.15) is 10.2 Å². The van der Waals surface area contributed by atoms with E-state index in [1.165, 1.54) is 0 Å². The lowest BCUT2D eigenvalue weighted by Crippen LogP contribution is -2.29. The van der Waals surface area contributed by atoms with Crippen LogP contribution in [0.15, 0.2) is 6.07 Å². The van der Waals surface area contributed by atoms with Crippen molar-refractivity contribution in [2.24, 2.45) is 13.0 Å². The molecule has 0 aromatic carbocycles.